The van der Waals surface area contributed by atoms with Gasteiger partial charge < -0.3 is 10.8 Å². The van der Waals surface area contributed by atoms with Crippen LogP contribution in [0.2, 0.25) is 0 Å². The van der Waals surface area contributed by atoms with E-state index in [-0.39, 0.29) is 12.5 Å². The zero-order valence-corrected chi connectivity index (χ0v) is 7.34. The minimum atomic E-state index is -0.551. The standard InChI is InChI=1S/C7H12N4O2/c1-2-5(12)3-11-4-9-6(8)10-7(11)13/h4-5,12H,2-3H2,1H3,(H2,8,10,13)/t5-/m1/s1. The fourth-order valence-electron chi connectivity index (χ4n) is 0.851. The van der Waals surface area contributed by atoms with Gasteiger partial charge in [-0.25, -0.2) is 9.78 Å². The highest BCUT2D eigenvalue weighted by Gasteiger charge is 2.04. The molecule has 6 heteroatoms. The Bertz CT molecular complexity index is 336. The van der Waals surface area contributed by atoms with E-state index in [0.717, 1.165) is 0 Å². The Morgan fingerprint density at radius 3 is 3.00 bits per heavy atom. The molecule has 0 spiro atoms. The minimum Gasteiger partial charge on any atom is -0.391 e. The molecule has 0 radical (unpaired) electrons. The summed E-state index contributed by atoms with van der Waals surface area (Å²) >= 11 is 0. The van der Waals surface area contributed by atoms with Crippen molar-refractivity contribution in [1.82, 2.24) is 14.5 Å². The van der Waals surface area contributed by atoms with E-state index in [1.54, 1.807) is 0 Å². The molecule has 1 aromatic rings. The van der Waals surface area contributed by atoms with Gasteiger partial charge in [-0.2, -0.15) is 4.98 Å². The number of aromatic nitrogens is 3. The number of nitrogens with zero attached hydrogens (tertiary/aromatic N) is 3. The van der Waals surface area contributed by atoms with Gasteiger partial charge in [0.05, 0.1) is 12.6 Å². The summed E-state index contributed by atoms with van der Waals surface area (Å²) in [6.45, 7) is 2.03. The number of anilines is 1. The van der Waals surface area contributed by atoms with Crippen LogP contribution in [0.1, 0.15) is 13.3 Å². The third-order valence-corrected chi connectivity index (χ3v) is 1.66. The van der Waals surface area contributed by atoms with Crippen LogP contribution in [0.15, 0.2) is 11.1 Å². The zero-order chi connectivity index (χ0) is 9.84. The van der Waals surface area contributed by atoms with Crippen molar-refractivity contribution < 1.29 is 5.11 Å². The Morgan fingerprint density at radius 1 is 1.77 bits per heavy atom. The van der Waals surface area contributed by atoms with Gasteiger partial charge in [0.15, 0.2) is 0 Å². The van der Waals surface area contributed by atoms with E-state index in [9.17, 15) is 9.90 Å². The summed E-state index contributed by atoms with van der Waals surface area (Å²) in [7, 11) is 0. The molecule has 1 aromatic heterocycles. The van der Waals surface area contributed by atoms with Crippen molar-refractivity contribution in [3.05, 3.63) is 16.8 Å². The number of hydrogen-bond acceptors (Lipinski definition) is 5. The molecule has 1 heterocycles. The first kappa shape index (κ1) is 9.66. The van der Waals surface area contributed by atoms with Crippen LogP contribution in [0.25, 0.3) is 0 Å². The fourth-order valence-corrected chi connectivity index (χ4v) is 0.851. The molecule has 0 aromatic carbocycles. The molecule has 1 rings (SSSR count). The first-order chi connectivity index (χ1) is 6.13. The SMILES string of the molecule is CC[C@@H](O)Cn1cnc(N)nc1=O. The third kappa shape index (κ3) is 2.51. The maximum Gasteiger partial charge on any atom is 0.352 e. The predicted octanol–water partition coefficient (Wildman–Crippen LogP) is -1.01. The maximum absolute atomic E-state index is 11.1. The highest BCUT2D eigenvalue weighted by molar-refractivity contribution is 5.09. The van der Waals surface area contributed by atoms with Gasteiger partial charge >= 0.3 is 5.69 Å². The summed E-state index contributed by atoms with van der Waals surface area (Å²) in [6.07, 6.45) is 1.31. The molecule has 1 atom stereocenters. The number of nitrogens with two attached hydrogens (primary N) is 1. The highest BCUT2D eigenvalue weighted by Crippen LogP contribution is 1.92. The molecule has 3 N–H and O–H groups in total. The van der Waals surface area contributed by atoms with Crippen molar-refractivity contribution in [2.45, 2.75) is 26.0 Å². The van der Waals surface area contributed by atoms with Crippen molar-refractivity contribution in [2.75, 3.05) is 5.73 Å². The molecule has 6 nitrogen and oxygen atoms in total. The van der Waals surface area contributed by atoms with Gasteiger partial charge in [-0.3, -0.25) is 4.57 Å². The van der Waals surface area contributed by atoms with Crippen LogP contribution in [0.3, 0.4) is 0 Å². The van der Waals surface area contributed by atoms with Crippen LogP contribution in [-0.2, 0) is 6.54 Å². The van der Waals surface area contributed by atoms with Gasteiger partial charge in [0.25, 0.3) is 0 Å². The van der Waals surface area contributed by atoms with Crippen molar-refractivity contribution >= 4 is 5.95 Å². The number of aliphatic hydroxyl groups excluding tert-OH is 1. The Kier molecular flexibility index (Phi) is 2.97. The number of rotatable bonds is 3. The van der Waals surface area contributed by atoms with Gasteiger partial charge in [0.2, 0.25) is 5.95 Å². The van der Waals surface area contributed by atoms with E-state index < -0.39 is 11.8 Å². The van der Waals surface area contributed by atoms with Gasteiger partial charge in [0, 0.05) is 0 Å². The smallest absolute Gasteiger partial charge is 0.352 e. The largest absolute Gasteiger partial charge is 0.391 e. The average molecular weight is 184 g/mol. The van der Waals surface area contributed by atoms with Crippen molar-refractivity contribution in [1.29, 1.82) is 0 Å². The molecular weight excluding hydrogens is 172 g/mol. The van der Waals surface area contributed by atoms with Crippen LogP contribution >= 0.6 is 0 Å². The van der Waals surface area contributed by atoms with E-state index in [1.165, 1.54) is 10.9 Å². The molecule has 0 fully saturated rings. The van der Waals surface area contributed by atoms with Crippen molar-refractivity contribution in [3.8, 4) is 0 Å². The highest BCUT2D eigenvalue weighted by atomic mass is 16.3. The molecule has 0 unspecified atom stereocenters. The molecule has 0 saturated carbocycles. The van der Waals surface area contributed by atoms with Gasteiger partial charge in [0.1, 0.15) is 6.33 Å². The lowest BCUT2D eigenvalue weighted by Gasteiger charge is -2.08. The quantitative estimate of drug-likeness (QED) is 0.627. The lowest BCUT2D eigenvalue weighted by molar-refractivity contribution is 0.147. The first-order valence-electron chi connectivity index (χ1n) is 4.00. The van der Waals surface area contributed by atoms with Crippen molar-refractivity contribution in [3.63, 3.8) is 0 Å². The molecule has 13 heavy (non-hydrogen) atoms. The summed E-state index contributed by atoms with van der Waals surface area (Å²) in [5, 5.41) is 9.26. The topological polar surface area (TPSA) is 94.0 Å². The van der Waals surface area contributed by atoms with E-state index >= 15 is 0 Å². The fraction of sp³-hybridized carbons (Fsp3) is 0.571. The lowest BCUT2D eigenvalue weighted by Crippen LogP contribution is -2.29. The molecule has 72 valence electrons. The van der Waals surface area contributed by atoms with Crippen LogP contribution < -0.4 is 11.4 Å². The van der Waals surface area contributed by atoms with Crippen LogP contribution in [0.5, 0.6) is 0 Å². The molecule has 0 aliphatic carbocycles. The minimum absolute atomic E-state index is 0.0489. The van der Waals surface area contributed by atoms with E-state index in [0.29, 0.717) is 6.42 Å². The normalized spacial score (nSPS) is 12.8. The number of nitrogen functional groups attached to an aromatic ring is 1. The Labute approximate surface area is 75.1 Å². The van der Waals surface area contributed by atoms with E-state index in [4.69, 9.17) is 5.73 Å². The second kappa shape index (κ2) is 3.99. The summed E-state index contributed by atoms with van der Waals surface area (Å²) in [5.41, 5.74) is 4.71. The second-order valence-electron chi connectivity index (χ2n) is 2.71. The number of hydrogen-bond donors (Lipinski definition) is 2. The van der Waals surface area contributed by atoms with E-state index in [1.807, 2.05) is 6.92 Å². The van der Waals surface area contributed by atoms with Gasteiger partial charge in [-0.1, -0.05) is 6.92 Å². The molecule has 0 aliphatic rings. The first-order valence-corrected chi connectivity index (χ1v) is 4.00. The summed E-state index contributed by atoms with van der Waals surface area (Å²) in [6, 6.07) is 0. The van der Waals surface area contributed by atoms with E-state index in [2.05, 4.69) is 9.97 Å². The molecule has 0 bridgehead atoms. The average Bonchev–Trinajstić information content (AvgIpc) is 2.09. The summed E-state index contributed by atoms with van der Waals surface area (Å²) in [4.78, 5) is 18.2. The van der Waals surface area contributed by atoms with Crippen LogP contribution in [0, 0.1) is 0 Å². The third-order valence-electron chi connectivity index (χ3n) is 1.66. The Hall–Kier alpha value is -1.43. The molecule has 0 saturated heterocycles. The molecule has 0 aliphatic heterocycles. The van der Waals surface area contributed by atoms with Crippen LogP contribution in [-0.4, -0.2) is 25.7 Å². The van der Waals surface area contributed by atoms with Gasteiger partial charge in [-0.15, -0.1) is 0 Å². The van der Waals surface area contributed by atoms with Gasteiger partial charge in [-0.05, 0) is 6.42 Å². The lowest BCUT2D eigenvalue weighted by atomic mass is 10.3. The summed E-state index contributed by atoms with van der Waals surface area (Å²) < 4.78 is 1.23. The number of aliphatic hydroxyl groups is 1. The van der Waals surface area contributed by atoms with Crippen LogP contribution in [0.4, 0.5) is 5.95 Å². The molecular formula is C7H12N4O2. The predicted molar refractivity (Wildman–Crippen MR) is 47.0 cm³/mol. The monoisotopic (exact) mass is 184 g/mol. The Balaban J connectivity index is 2.84. The summed E-state index contributed by atoms with van der Waals surface area (Å²) in [5.74, 6) is -0.0489. The van der Waals surface area contributed by atoms with Crippen molar-refractivity contribution in [2.24, 2.45) is 0 Å². The maximum atomic E-state index is 11.1. The zero-order valence-electron chi connectivity index (χ0n) is 7.34. The second-order valence-corrected chi connectivity index (χ2v) is 2.71. The molecule has 0 amide bonds. The Morgan fingerprint density at radius 2 is 2.46 bits per heavy atom.